The molecule has 0 fully saturated rings. The fourth-order valence-electron chi connectivity index (χ4n) is 0.428. The molecule has 0 saturated carbocycles. The average Bonchev–Trinajstić information content (AvgIpc) is 1.91. The smallest absolute Gasteiger partial charge is 0.115 e. The Labute approximate surface area is 71.3 Å². The molecule has 0 aliphatic heterocycles. The van der Waals surface area contributed by atoms with Gasteiger partial charge in [0.15, 0.2) is 0 Å². The molecule has 0 atom stereocenters. The van der Waals surface area contributed by atoms with Crippen molar-refractivity contribution in [3.8, 4) is 5.75 Å². The molecule has 4 heteroatoms. The first kappa shape index (κ1) is 10.0. The summed E-state index contributed by atoms with van der Waals surface area (Å²) < 4.78 is 0. The van der Waals surface area contributed by atoms with Gasteiger partial charge in [0.05, 0.1) is 7.29 Å². The highest BCUT2D eigenvalue weighted by Crippen LogP contribution is 2.19. The van der Waals surface area contributed by atoms with Crippen molar-refractivity contribution < 1.29 is 5.11 Å². The minimum Gasteiger partial charge on any atom is -0.508 e. The van der Waals surface area contributed by atoms with Crippen molar-refractivity contribution in [2.75, 3.05) is 0 Å². The van der Waals surface area contributed by atoms with E-state index in [2.05, 4.69) is 0 Å². The van der Waals surface area contributed by atoms with Gasteiger partial charge in [0.1, 0.15) is 5.75 Å². The topological polar surface area (TPSA) is 20.2 Å². The van der Waals surface area contributed by atoms with E-state index in [1.807, 2.05) is 6.07 Å². The normalized spacial score (nSPS) is 7.80. The Kier molecular flexibility index (Phi) is 7.16. The van der Waals surface area contributed by atoms with Crippen molar-refractivity contribution in [2.45, 2.75) is 0 Å². The van der Waals surface area contributed by atoms with Crippen LogP contribution in [0, 0.1) is 0 Å². The van der Waals surface area contributed by atoms with E-state index in [4.69, 9.17) is 27.6 Å². The quantitative estimate of drug-likeness (QED) is 0.632. The van der Waals surface area contributed by atoms with E-state index in [0.29, 0.717) is 5.75 Å². The number of halogens is 2. The zero-order chi connectivity index (χ0) is 7.82. The molecule has 0 amide bonds. The molecule has 1 rings (SSSR count). The maximum Gasteiger partial charge on any atom is 0.115 e. The van der Waals surface area contributed by atoms with Crippen LogP contribution in [0.25, 0.3) is 0 Å². The number of rotatable bonds is 0. The largest absolute Gasteiger partial charge is 0.508 e. The van der Waals surface area contributed by atoms with Gasteiger partial charge < -0.3 is 5.11 Å². The second-order valence-corrected chi connectivity index (χ2v) is 3.26. The molecule has 0 aliphatic carbocycles. The van der Waals surface area contributed by atoms with E-state index in [9.17, 15) is 0 Å². The lowest BCUT2D eigenvalue weighted by Crippen LogP contribution is -1.56. The van der Waals surface area contributed by atoms with Crippen LogP contribution in [0.1, 0.15) is 0 Å². The monoisotopic (exact) mass is 196 g/mol. The molecular weight excluding hydrogens is 190 g/mol. The van der Waals surface area contributed by atoms with Gasteiger partial charge in [-0.25, -0.2) is 0 Å². The van der Waals surface area contributed by atoms with Crippen LogP contribution >= 0.6 is 29.8 Å². The number of benzene rings is 1. The van der Waals surface area contributed by atoms with Crippen LogP contribution in [0.3, 0.4) is 0 Å². The summed E-state index contributed by atoms with van der Waals surface area (Å²) in [6.45, 7) is 0. The molecule has 1 aromatic carbocycles. The summed E-state index contributed by atoms with van der Waals surface area (Å²) in [7, 11) is 0.0278. The predicted octanol–water partition coefficient (Wildman–Crippen LogP) is 3.36. The van der Waals surface area contributed by atoms with Crippen LogP contribution < -0.4 is 0 Å². The van der Waals surface area contributed by atoms with Gasteiger partial charge in [-0.1, -0.05) is 40.7 Å². The van der Waals surface area contributed by atoms with Gasteiger partial charge in [-0.3, -0.25) is 0 Å². The third kappa shape index (κ3) is 6.15. The first-order valence-corrected chi connectivity index (χ1v) is 5.54. The molecule has 0 bridgehead atoms. The van der Waals surface area contributed by atoms with Crippen LogP contribution in [0.5, 0.6) is 5.75 Å². The molecular formula is C6H7Cl2OP. The van der Waals surface area contributed by atoms with Crippen molar-refractivity contribution in [3.63, 3.8) is 0 Å². The molecule has 1 N–H and O–H groups in total. The van der Waals surface area contributed by atoms with Gasteiger partial charge in [-0.05, 0) is 12.1 Å². The van der Waals surface area contributed by atoms with Gasteiger partial charge in [-0.2, -0.15) is 0 Å². The molecule has 56 valence electrons. The fraction of sp³-hybridized carbons (Fsp3) is 0. The van der Waals surface area contributed by atoms with Crippen LogP contribution in [0.4, 0.5) is 0 Å². The van der Waals surface area contributed by atoms with Gasteiger partial charge in [0.25, 0.3) is 0 Å². The standard InChI is InChI=1S/C6H6O.Cl2HP/c7-6-4-2-1-3-5-6;1-3-2/h1-5,7H;3H. The summed E-state index contributed by atoms with van der Waals surface area (Å²) in [5.74, 6) is 0.322. The maximum absolute atomic E-state index is 8.63. The van der Waals surface area contributed by atoms with Crippen molar-refractivity contribution in [2.24, 2.45) is 0 Å². The Hall–Kier alpha value is 0.0300. The van der Waals surface area contributed by atoms with E-state index in [1.54, 1.807) is 24.3 Å². The van der Waals surface area contributed by atoms with E-state index in [1.165, 1.54) is 0 Å². The maximum atomic E-state index is 8.63. The second-order valence-electron chi connectivity index (χ2n) is 1.41. The Balaban J connectivity index is 0.000000236. The third-order valence-corrected chi connectivity index (χ3v) is 0.756. The third-order valence-electron chi connectivity index (χ3n) is 0.756. The molecule has 0 spiro atoms. The number of aromatic hydroxyl groups is 1. The SMILES string of the molecule is ClPCl.Oc1ccccc1. The van der Waals surface area contributed by atoms with Gasteiger partial charge in [0.2, 0.25) is 0 Å². The Morgan fingerprint density at radius 1 is 1.10 bits per heavy atom. The zero-order valence-electron chi connectivity index (χ0n) is 5.09. The summed E-state index contributed by atoms with van der Waals surface area (Å²) in [5.41, 5.74) is 0. The fourth-order valence-corrected chi connectivity index (χ4v) is 0.428. The lowest BCUT2D eigenvalue weighted by molar-refractivity contribution is 0.475. The molecule has 10 heavy (non-hydrogen) atoms. The molecule has 0 heterocycles. The lowest BCUT2D eigenvalue weighted by Gasteiger charge is -1.82. The molecule has 0 saturated heterocycles. The minimum absolute atomic E-state index is 0.0278. The van der Waals surface area contributed by atoms with Crippen molar-refractivity contribution in [1.82, 2.24) is 0 Å². The highest BCUT2D eigenvalue weighted by atomic mass is 35.9. The Bertz CT molecular complexity index is 157. The predicted molar refractivity (Wildman–Crippen MR) is 48.1 cm³/mol. The van der Waals surface area contributed by atoms with Crippen molar-refractivity contribution in [3.05, 3.63) is 30.3 Å². The number of para-hydroxylation sites is 1. The number of hydrogen-bond acceptors (Lipinski definition) is 1. The Morgan fingerprint density at radius 2 is 1.50 bits per heavy atom. The first-order valence-electron chi connectivity index (χ1n) is 2.51. The highest BCUT2D eigenvalue weighted by molar-refractivity contribution is 7.90. The molecule has 1 aromatic rings. The molecule has 0 aliphatic rings. The number of hydrogen-bond donors (Lipinski definition) is 1. The molecule has 0 radical (unpaired) electrons. The molecule has 1 nitrogen and oxygen atoms in total. The van der Waals surface area contributed by atoms with Gasteiger partial charge in [0, 0.05) is 0 Å². The zero-order valence-corrected chi connectivity index (χ0v) is 7.60. The number of phenolic OH excluding ortho intramolecular Hbond substituents is 1. The van der Waals surface area contributed by atoms with Crippen molar-refractivity contribution >= 4 is 29.8 Å². The van der Waals surface area contributed by atoms with Crippen LogP contribution in [-0.2, 0) is 0 Å². The summed E-state index contributed by atoms with van der Waals surface area (Å²) in [4.78, 5) is 0. The van der Waals surface area contributed by atoms with E-state index in [0.717, 1.165) is 0 Å². The van der Waals surface area contributed by atoms with E-state index in [-0.39, 0.29) is 7.29 Å². The summed E-state index contributed by atoms with van der Waals surface area (Å²) in [6, 6.07) is 8.71. The first-order chi connectivity index (χ1) is 4.81. The van der Waals surface area contributed by atoms with Crippen LogP contribution in [0.15, 0.2) is 30.3 Å². The lowest BCUT2D eigenvalue weighted by atomic mass is 10.3. The Morgan fingerprint density at radius 3 is 1.70 bits per heavy atom. The van der Waals surface area contributed by atoms with Gasteiger partial charge >= 0.3 is 0 Å². The minimum atomic E-state index is 0.0278. The van der Waals surface area contributed by atoms with Crippen LogP contribution in [-0.4, -0.2) is 5.11 Å². The van der Waals surface area contributed by atoms with Gasteiger partial charge in [-0.15, -0.1) is 0 Å². The van der Waals surface area contributed by atoms with Crippen LogP contribution in [0.2, 0.25) is 0 Å². The van der Waals surface area contributed by atoms with E-state index < -0.39 is 0 Å². The van der Waals surface area contributed by atoms with Crippen molar-refractivity contribution in [1.29, 1.82) is 0 Å². The number of phenols is 1. The summed E-state index contributed by atoms with van der Waals surface area (Å²) >= 11 is 9.58. The summed E-state index contributed by atoms with van der Waals surface area (Å²) in [6.07, 6.45) is 0. The average molecular weight is 197 g/mol. The molecule has 0 aromatic heterocycles. The highest BCUT2D eigenvalue weighted by Gasteiger charge is 1.74. The van der Waals surface area contributed by atoms with E-state index >= 15 is 0 Å². The second kappa shape index (κ2) is 7.14. The molecule has 0 unspecified atom stereocenters. The summed E-state index contributed by atoms with van der Waals surface area (Å²) in [5, 5.41) is 8.63.